The molecular weight excluding hydrogens is 322 g/mol. The molecule has 0 saturated carbocycles. The average molecular weight is 337 g/mol. The van der Waals surface area contributed by atoms with E-state index in [1.165, 1.54) is 6.39 Å². The van der Waals surface area contributed by atoms with Crippen molar-refractivity contribution in [1.82, 2.24) is 4.98 Å². The van der Waals surface area contributed by atoms with Gasteiger partial charge in [-0.05, 0) is 0 Å². The van der Waals surface area contributed by atoms with Crippen LogP contribution in [0.1, 0.15) is 0 Å². The number of fused-ring (bicyclic) bond motifs is 1. The van der Waals surface area contributed by atoms with Gasteiger partial charge in [-0.25, -0.2) is 4.98 Å². The fourth-order valence-corrected chi connectivity index (χ4v) is 3.27. The summed E-state index contributed by atoms with van der Waals surface area (Å²) < 4.78 is 12.0. The highest BCUT2D eigenvalue weighted by molar-refractivity contribution is 6.03. The van der Waals surface area contributed by atoms with E-state index < -0.39 is 0 Å². The molecule has 2 heterocycles. The summed E-state index contributed by atoms with van der Waals surface area (Å²) in [6, 6.07) is 28.3. The molecule has 0 saturated heterocycles. The van der Waals surface area contributed by atoms with Gasteiger partial charge in [0.25, 0.3) is 0 Å². The lowest BCUT2D eigenvalue weighted by molar-refractivity contribution is 0.570. The number of rotatable bonds is 3. The molecule has 124 valence electrons. The van der Waals surface area contributed by atoms with Gasteiger partial charge in [0.05, 0.1) is 0 Å². The Balaban J connectivity index is 1.76. The average Bonchev–Trinajstić information content (AvgIpc) is 3.34. The molecule has 5 aromatic rings. The standard InChI is InChI=1S/C23H15NO2/c1-3-9-16(10-4-1)21-18-13-7-8-14-19(18)23(26-21)20-22(25-15-24-20)17-11-5-2-6-12-17/h1-15H. The number of oxazole rings is 1. The molecule has 0 spiro atoms. The topological polar surface area (TPSA) is 39.2 Å². The monoisotopic (exact) mass is 337 g/mol. The normalized spacial score (nSPS) is 11.1. The highest BCUT2D eigenvalue weighted by Crippen LogP contribution is 2.41. The molecule has 3 heteroatoms. The van der Waals surface area contributed by atoms with Crippen LogP contribution in [-0.4, -0.2) is 4.98 Å². The Kier molecular flexibility index (Phi) is 3.42. The predicted molar refractivity (Wildman–Crippen MR) is 103 cm³/mol. The van der Waals surface area contributed by atoms with Crippen molar-refractivity contribution >= 4 is 10.8 Å². The SMILES string of the molecule is c1ccc(-c2ocnc2-c2oc(-c3ccccc3)c3ccccc23)cc1. The zero-order valence-electron chi connectivity index (χ0n) is 13.9. The van der Waals surface area contributed by atoms with Crippen molar-refractivity contribution in [2.45, 2.75) is 0 Å². The first-order chi connectivity index (χ1) is 12.9. The van der Waals surface area contributed by atoms with Crippen molar-refractivity contribution in [2.24, 2.45) is 0 Å². The Hall–Kier alpha value is -3.59. The highest BCUT2D eigenvalue weighted by Gasteiger charge is 2.21. The van der Waals surface area contributed by atoms with E-state index in [4.69, 9.17) is 8.83 Å². The van der Waals surface area contributed by atoms with Crippen LogP contribution in [0, 0.1) is 0 Å². The van der Waals surface area contributed by atoms with Gasteiger partial charge in [-0.1, -0.05) is 84.9 Å². The molecule has 0 radical (unpaired) electrons. The molecule has 0 fully saturated rings. The van der Waals surface area contributed by atoms with E-state index >= 15 is 0 Å². The van der Waals surface area contributed by atoms with Crippen molar-refractivity contribution < 1.29 is 8.83 Å². The van der Waals surface area contributed by atoms with Crippen LogP contribution >= 0.6 is 0 Å². The van der Waals surface area contributed by atoms with E-state index in [9.17, 15) is 0 Å². The Labute approximate surface area is 150 Å². The number of nitrogens with zero attached hydrogens (tertiary/aromatic N) is 1. The number of furan rings is 1. The Morgan fingerprint density at radius 1 is 0.538 bits per heavy atom. The highest BCUT2D eigenvalue weighted by atomic mass is 16.4. The van der Waals surface area contributed by atoms with Gasteiger partial charge >= 0.3 is 0 Å². The summed E-state index contributed by atoms with van der Waals surface area (Å²) in [5, 5.41) is 2.09. The maximum absolute atomic E-state index is 6.34. The smallest absolute Gasteiger partial charge is 0.182 e. The Morgan fingerprint density at radius 3 is 1.73 bits per heavy atom. The second-order valence-corrected chi connectivity index (χ2v) is 6.07. The summed E-state index contributed by atoms with van der Waals surface area (Å²) >= 11 is 0. The first-order valence-corrected chi connectivity index (χ1v) is 8.48. The molecule has 26 heavy (non-hydrogen) atoms. The molecule has 0 unspecified atom stereocenters. The lowest BCUT2D eigenvalue weighted by atomic mass is 10.0. The van der Waals surface area contributed by atoms with Crippen molar-refractivity contribution in [2.75, 3.05) is 0 Å². The van der Waals surface area contributed by atoms with Crippen LogP contribution in [0.2, 0.25) is 0 Å². The number of aromatic nitrogens is 1. The summed E-state index contributed by atoms with van der Waals surface area (Å²) in [5.74, 6) is 2.29. The third-order valence-electron chi connectivity index (χ3n) is 4.47. The lowest BCUT2D eigenvalue weighted by Gasteiger charge is -2.00. The molecule has 0 bridgehead atoms. The molecule has 5 rings (SSSR count). The second-order valence-electron chi connectivity index (χ2n) is 6.07. The number of hydrogen-bond acceptors (Lipinski definition) is 3. The minimum atomic E-state index is 0.713. The summed E-state index contributed by atoms with van der Waals surface area (Å²) in [4.78, 5) is 4.46. The maximum Gasteiger partial charge on any atom is 0.182 e. The van der Waals surface area contributed by atoms with Gasteiger partial charge in [-0.2, -0.15) is 0 Å². The third kappa shape index (κ3) is 2.33. The van der Waals surface area contributed by atoms with Crippen LogP contribution in [-0.2, 0) is 0 Å². The van der Waals surface area contributed by atoms with Gasteiger partial charge in [0, 0.05) is 21.9 Å². The van der Waals surface area contributed by atoms with Crippen LogP contribution in [0.4, 0.5) is 0 Å². The largest absolute Gasteiger partial charge is 0.453 e. The molecule has 0 amide bonds. The van der Waals surface area contributed by atoms with Gasteiger partial charge in [-0.15, -0.1) is 0 Å². The van der Waals surface area contributed by atoms with Crippen molar-refractivity contribution in [1.29, 1.82) is 0 Å². The fourth-order valence-electron chi connectivity index (χ4n) is 3.27. The Morgan fingerprint density at radius 2 is 1.08 bits per heavy atom. The zero-order valence-corrected chi connectivity index (χ0v) is 13.9. The van der Waals surface area contributed by atoms with Crippen molar-refractivity contribution in [3.8, 4) is 34.1 Å². The predicted octanol–water partition coefficient (Wildman–Crippen LogP) is 6.42. The summed E-state index contributed by atoms with van der Waals surface area (Å²) in [6.07, 6.45) is 1.47. The maximum atomic E-state index is 6.34. The van der Waals surface area contributed by atoms with Crippen molar-refractivity contribution in [3.05, 3.63) is 91.3 Å². The van der Waals surface area contributed by atoms with Crippen LogP contribution in [0.15, 0.2) is 100 Å². The third-order valence-corrected chi connectivity index (χ3v) is 4.47. The summed E-state index contributed by atoms with van der Waals surface area (Å²) in [5.41, 5.74) is 2.73. The van der Waals surface area contributed by atoms with Crippen LogP contribution in [0.5, 0.6) is 0 Å². The van der Waals surface area contributed by atoms with Gasteiger partial charge in [-0.3, -0.25) is 0 Å². The van der Waals surface area contributed by atoms with E-state index in [1.807, 2.05) is 60.7 Å². The van der Waals surface area contributed by atoms with Crippen LogP contribution < -0.4 is 0 Å². The Bertz CT molecular complexity index is 1170. The first-order valence-electron chi connectivity index (χ1n) is 8.48. The van der Waals surface area contributed by atoms with Gasteiger partial charge in [0.15, 0.2) is 23.6 Å². The molecule has 0 aliphatic rings. The lowest BCUT2D eigenvalue weighted by Crippen LogP contribution is -1.80. The van der Waals surface area contributed by atoms with E-state index in [0.717, 1.165) is 39.1 Å². The van der Waals surface area contributed by atoms with E-state index in [1.54, 1.807) is 0 Å². The summed E-state index contributed by atoms with van der Waals surface area (Å²) in [7, 11) is 0. The molecule has 3 aromatic carbocycles. The van der Waals surface area contributed by atoms with Gasteiger partial charge in [0.2, 0.25) is 0 Å². The zero-order chi connectivity index (χ0) is 17.3. The molecule has 0 atom stereocenters. The first kappa shape index (κ1) is 14.7. The minimum Gasteiger partial charge on any atom is -0.453 e. The molecule has 0 N–H and O–H groups in total. The molecule has 3 nitrogen and oxygen atoms in total. The molecular formula is C23H15NO2. The minimum absolute atomic E-state index is 0.713. The number of hydrogen-bond donors (Lipinski definition) is 0. The molecule has 0 aliphatic carbocycles. The van der Waals surface area contributed by atoms with Gasteiger partial charge < -0.3 is 8.83 Å². The summed E-state index contributed by atoms with van der Waals surface area (Å²) in [6.45, 7) is 0. The molecule has 0 aliphatic heterocycles. The van der Waals surface area contributed by atoms with Crippen LogP contribution in [0.25, 0.3) is 44.9 Å². The van der Waals surface area contributed by atoms with E-state index in [-0.39, 0.29) is 0 Å². The molecule has 2 aromatic heterocycles. The van der Waals surface area contributed by atoms with Gasteiger partial charge in [0.1, 0.15) is 5.76 Å². The fraction of sp³-hybridized carbons (Fsp3) is 0. The van der Waals surface area contributed by atoms with E-state index in [0.29, 0.717) is 5.76 Å². The quantitative estimate of drug-likeness (QED) is 0.381. The number of benzene rings is 3. The van der Waals surface area contributed by atoms with E-state index in [2.05, 4.69) is 29.2 Å². The van der Waals surface area contributed by atoms with Crippen LogP contribution in [0.3, 0.4) is 0 Å². The van der Waals surface area contributed by atoms with Crippen molar-refractivity contribution in [3.63, 3.8) is 0 Å². The second kappa shape index (κ2) is 6.05.